The molecule has 0 amide bonds. The molecule has 0 aromatic carbocycles. The number of ketones is 1. The molecule has 0 spiro atoms. The Bertz CT molecular complexity index is 297. The maximum absolute atomic E-state index is 12.3. The van der Waals surface area contributed by atoms with Crippen LogP contribution < -0.4 is 0 Å². The zero-order chi connectivity index (χ0) is 13.1. The molecule has 3 heteroatoms. The lowest BCUT2D eigenvalue weighted by molar-refractivity contribution is -0.119. The molecule has 1 rings (SSSR count). The third-order valence-corrected chi connectivity index (χ3v) is 3.77. The van der Waals surface area contributed by atoms with Crippen molar-refractivity contribution in [1.29, 1.82) is 0 Å². The van der Waals surface area contributed by atoms with Gasteiger partial charge in [0.15, 0.2) is 5.78 Å². The van der Waals surface area contributed by atoms with Gasteiger partial charge in [-0.3, -0.25) is 9.18 Å². The third-order valence-electron chi connectivity index (χ3n) is 3.77. The fraction of sp³-hybridized carbons (Fsp3) is 0.786. The Labute approximate surface area is 103 Å². The summed E-state index contributed by atoms with van der Waals surface area (Å²) >= 11 is 0. The predicted molar refractivity (Wildman–Crippen MR) is 66.6 cm³/mol. The van der Waals surface area contributed by atoms with Crippen molar-refractivity contribution in [2.24, 2.45) is 17.3 Å². The van der Waals surface area contributed by atoms with Gasteiger partial charge in [-0.25, -0.2) is 0 Å². The molecule has 1 saturated carbocycles. The van der Waals surface area contributed by atoms with E-state index >= 15 is 0 Å². The minimum Gasteiger partial charge on any atom is -0.512 e. The highest BCUT2D eigenvalue weighted by molar-refractivity contribution is 5.92. The van der Waals surface area contributed by atoms with Crippen LogP contribution in [0.5, 0.6) is 0 Å². The second kappa shape index (κ2) is 5.65. The molecule has 0 radical (unpaired) electrons. The van der Waals surface area contributed by atoms with Crippen LogP contribution in [0.15, 0.2) is 11.8 Å². The van der Waals surface area contributed by atoms with Gasteiger partial charge in [0.2, 0.25) is 0 Å². The van der Waals surface area contributed by atoms with E-state index in [1.807, 2.05) is 0 Å². The summed E-state index contributed by atoms with van der Waals surface area (Å²) in [6, 6.07) is 0. The SMILES string of the molecule is CC(CF)C(O)=CC(=O)C1CCC(C)(C)CC1. The molecule has 0 saturated heterocycles. The van der Waals surface area contributed by atoms with Gasteiger partial charge in [0.1, 0.15) is 5.76 Å². The van der Waals surface area contributed by atoms with Crippen LogP contribution in [0.3, 0.4) is 0 Å². The summed E-state index contributed by atoms with van der Waals surface area (Å²) in [6.07, 6.45) is 5.06. The standard InChI is InChI=1S/C14H23FO2/c1-10(9-15)12(16)8-13(17)11-4-6-14(2,3)7-5-11/h8,10-11,16H,4-7,9H2,1-3H3. The van der Waals surface area contributed by atoms with Gasteiger partial charge in [-0.2, -0.15) is 0 Å². The second-order valence-electron chi connectivity index (χ2n) is 5.97. The lowest BCUT2D eigenvalue weighted by Crippen LogP contribution is -2.25. The number of halogens is 1. The van der Waals surface area contributed by atoms with Crippen molar-refractivity contribution < 1.29 is 14.3 Å². The Balaban J connectivity index is 2.55. The van der Waals surface area contributed by atoms with Crippen molar-refractivity contribution in [3.8, 4) is 0 Å². The minimum absolute atomic E-state index is 0.0111. The monoisotopic (exact) mass is 242 g/mol. The van der Waals surface area contributed by atoms with Gasteiger partial charge in [-0.1, -0.05) is 20.8 Å². The molecule has 1 N–H and O–H groups in total. The Kier molecular flexibility index (Phi) is 4.72. The van der Waals surface area contributed by atoms with Crippen molar-refractivity contribution >= 4 is 5.78 Å². The Hall–Kier alpha value is -0.860. The summed E-state index contributed by atoms with van der Waals surface area (Å²) < 4.78 is 12.3. The van der Waals surface area contributed by atoms with Gasteiger partial charge in [0.05, 0.1) is 6.67 Å². The van der Waals surface area contributed by atoms with E-state index in [0.717, 1.165) is 25.7 Å². The molecule has 1 aliphatic rings. The zero-order valence-electron chi connectivity index (χ0n) is 11.0. The molecule has 1 unspecified atom stereocenters. The van der Waals surface area contributed by atoms with E-state index in [0.29, 0.717) is 5.41 Å². The van der Waals surface area contributed by atoms with Gasteiger partial charge in [-0.05, 0) is 31.1 Å². The molecule has 0 bridgehead atoms. The van der Waals surface area contributed by atoms with Crippen LogP contribution in [0.25, 0.3) is 0 Å². The molecule has 0 heterocycles. The molecule has 1 fully saturated rings. The van der Waals surface area contributed by atoms with E-state index in [1.165, 1.54) is 6.08 Å². The molecule has 0 aromatic rings. The molecule has 0 aromatic heterocycles. The van der Waals surface area contributed by atoms with Crippen molar-refractivity contribution in [1.82, 2.24) is 0 Å². The Morgan fingerprint density at radius 1 is 1.47 bits per heavy atom. The maximum Gasteiger partial charge on any atom is 0.162 e. The van der Waals surface area contributed by atoms with Crippen molar-refractivity contribution in [3.63, 3.8) is 0 Å². The number of carbonyl (C=O) groups is 1. The smallest absolute Gasteiger partial charge is 0.162 e. The van der Waals surface area contributed by atoms with Crippen LogP contribution in [0.4, 0.5) is 4.39 Å². The van der Waals surface area contributed by atoms with Crippen LogP contribution in [0.1, 0.15) is 46.5 Å². The van der Waals surface area contributed by atoms with E-state index in [-0.39, 0.29) is 17.5 Å². The minimum atomic E-state index is -0.632. The average Bonchev–Trinajstić information content (AvgIpc) is 2.27. The summed E-state index contributed by atoms with van der Waals surface area (Å²) in [7, 11) is 0. The highest BCUT2D eigenvalue weighted by Gasteiger charge is 2.30. The van der Waals surface area contributed by atoms with Crippen LogP contribution in [-0.4, -0.2) is 17.6 Å². The number of aliphatic hydroxyl groups excluding tert-OH is 1. The highest BCUT2D eigenvalue weighted by atomic mass is 19.1. The number of alkyl halides is 1. The van der Waals surface area contributed by atoms with Crippen molar-refractivity contribution in [2.75, 3.05) is 6.67 Å². The average molecular weight is 242 g/mol. The molecule has 0 aliphatic heterocycles. The largest absolute Gasteiger partial charge is 0.512 e. The summed E-state index contributed by atoms with van der Waals surface area (Å²) in [5, 5.41) is 9.52. The fourth-order valence-corrected chi connectivity index (χ4v) is 2.17. The maximum atomic E-state index is 12.3. The molecule has 2 nitrogen and oxygen atoms in total. The summed E-state index contributed by atoms with van der Waals surface area (Å²) in [4.78, 5) is 11.9. The van der Waals surface area contributed by atoms with Crippen molar-refractivity contribution in [3.05, 3.63) is 11.8 Å². The lowest BCUT2D eigenvalue weighted by Gasteiger charge is -2.33. The van der Waals surface area contributed by atoms with E-state index in [1.54, 1.807) is 6.92 Å². The van der Waals surface area contributed by atoms with Gasteiger partial charge in [0, 0.05) is 17.9 Å². The number of allylic oxidation sites excluding steroid dienone is 2. The van der Waals surface area contributed by atoms with E-state index in [2.05, 4.69) is 13.8 Å². The van der Waals surface area contributed by atoms with Gasteiger partial charge >= 0.3 is 0 Å². The number of hydrogen-bond acceptors (Lipinski definition) is 2. The van der Waals surface area contributed by atoms with Gasteiger partial charge in [-0.15, -0.1) is 0 Å². The summed E-state index contributed by atoms with van der Waals surface area (Å²) in [5.74, 6) is -0.725. The molecule has 17 heavy (non-hydrogen) atoms. The molecule has 1 atom stereocenters. The molecule has 98 valence electrons. The fourth-order valence-electron chi connectivity index (χ4n) is 2.17. The third kappa shape index (κ3) is 4.14. The number of rotatable bonds is 4. The van der Waals surface area contributed by atoms with Crippen LogP contribution in [0, 0.1) is 17.3 Å². The first-order valence-electron chi connectivity index (χ1n) is 6.36. The Morgan fingerprint density at radius 2 is 2.00 bits per heavy atom. The molecule has 1 aliphatic carbocycles. The lowest BCUT2D eigenvalue weighted by atomic mass is 9.72. The normalized spacial score (nSPS) is 23.4. The topological polar surface area (TPSA) is 37.3 Å². The first-order valence-corrected chi connectivity index (χ1v) is 6.36. The summed E-state index contributed by atoms with van der Waals surface area (Å²) in [5.41, 5.74) is 0.328. The second-order valence-corrected chi connectivity index (χ2v) is 5.97. The summed E-state index contributed by atoms with van der Waals surface area (Å²) in [6.45, 7) is 5.37. The number of hydrogen-bond donors (Lipinski definition) is 1. The molecular weight excluding hydrogens is 219 g/mol. The number of carbonyl (C=O) groups excluding carboxylic acids is 1. The Morgan fingerprint density at radius 3 is 2.47 bits per heavy atom. The highest BCUT2D eigenvalue weighted by Crippen LogP contribution is 2.38. The van der Waals surface area contributed by atoms with Crippen LogP contribution >= 0.6 is 0 Å². The first kappa shape index (κ1) is 14.2. The van der Waals surface area contributed by atoms with Gasteiger partial charge in [0.25, 0.3) is 0 Å². The van der Waals surface area contributed by atoms with Crippen LogP contribution in [0.2, 0.25) is 0 Å². The zero-order valence-corrected chi connectivity index (χ0v) is 11.0. The van der Waals surface area contributed by atoms with E-state index in [9.17, 15) is 14.3 Å². The van der Waals surface area contributed by atoms with E-state index < -0.39 is 12.6 Å². The molecular formula is C14H23FO2. The van der Waals surface area contributed by atoms with Crippen LogP contribution in [-0.2, 0) is 4.79 Å². The van der Waals surface area contributed by atoms with Gasteiger partial charge < -0.3 is 5.11 Å². The number of aliphatic hydroxyl groups is 1. The van der Waals surface area contributed by atoms with Crippen molar-refractivity contribution in [2.45, 2.75) is 46.5 Å². The quantitative estimate of drug-likeness (QED) is 0.601. The van der Waals surface area contributed by atoms with E-state index in [4.69, 9.17) is 0 Å². The predicted octanol–water partition coefficient (Wildman–Crippen LogP) is 3.82. The first-order chi connectivity index (χ1) is 7.85.